The predicted molar refractivity (Wildman–Crippen MR) is 50.1 cm³/mol. The smallest absolute Gasteiger partial charge is 0.293 e. The van der Waals surface area contributed by atoms with Crippen LogP contribution in [0, 0.1) is 0 Å². The van der Waals surface area contributed by atoms with Crippen molar-refractivity contribution in [1.29, 1.82) is 0 Å². The van der Waals surface area contributed by atoms with Crippen molar-refractivity contribution in [1.82, 2.24) is 0 Å². The summed E-state index contributed by atoms with van der Waals surface area (Å²) >= 11 is 0. The third kappa shape index (κ3) is 2.86. The molecule has 1 aliphatic carbocycles. The van der Waals surface area contributed by atoms with Crippen LogP contribution in [0.4, 0.5) is 0 Å². The predicted octanol–water partition coefficient (Wildman–Crippen LogP) is 2.98. The third-order valence-corrected chi connectivity index (χ3v) is 2.74. The Hall–Kier alpha value is 0.0249. The lowest BCUT2D eigenvalue weighted by atomic mass is 9.53. The van der Waals surface area contributed by atoms with Crippen LogP contribution in [-0.4, -0.2) is 13.5 Å². The summed E-state index contributed by atoms with van der Waals surface area (Å²) in [6, 6.07) is 0. The van der Waals surface area contributed by atoms with E-state index in [1.807, 2.05) is 0 Å². The molecule has 0 bridgehead atoms. The first-order valence-corrected chi connectivity index (χ1v) is 4.96. The van der Waals surface area contributed by atoms with E-state index >= 15 is 0 Å². The number of rotatable bonds is 3. The maximum atomic E-state index is 5.58. The van der Waals surface area contributed by atoms with Gasteiger partial charge in [-0.15, -0.1) is 0 Å². The molecule has 11 heavy (non-hydrogen) atoms. The Balaban J connectivity index is 2.21. The van der Waals surface area contributed by atoms with E-state index < -0.39 is 0 Å². The molecule has 1 nitrogen and oxygen atoms in total. The van der Waals surface area contributed by atoms with Crippen molar-refractivity contribution in [3.63, 3.8) is 0 Å². The molecule has 0 atom stereocenters. The zero-order valence-corrected chi connectivity index (χ0v) is 7.81. The summed E-state index contributed by atoms with van der Waals surface area (Å²) in [5.41, 5.74) is 0. The zero-order valence-electron chi connectivity index (χ0n) is 7.81. The fourth-order valence-corrected chi connectivity index (χ4v) is 2.00. The van der Waals surface area contributed by atoms with Gasteiger partial charge in [-0.2, -0.15) is 0 Å². The van der Waals surface area contributed by atoms with Crippen molar-refractivity contribution in [2.45, 2.75) is 51.7 Å². The lowest BCUT2D eigenvalue weighted by Crippen LogP contribution is -2.23. The second-order valence-corrected chi connectivity index (χ2v) is 3.56. The van der Waals surface area contributed by atoms with Gasteiger partial charge in [0.2, 0.25) is 0 Å². The van der Waals surface area contributed by atoms with E-state index in [1.54, 1.807) is 0 Å². The summed E-state index contributed by atoms with van der Waals surface area (Å²) < 4.78 is 5.58. The summed E-state index contributed by atoms with van der Waals surface area (Å²) in [6.45, 7) is 5.68. The van der Waals surface area contributed by atoms with Crippen molar-refractivity contribution in [3.05, 3.63) is 0 Å². The van der Waals surface area contributed by atoms with Crippen molar-refractivity contribution in [3.8, 4) is 0 Å². The molecular weight excluding hydrogens is 135 g/mol. The topological polar surface area (TPSA) is 9.23 Å². The molecule has 0 N–H and O–H groups in total. The first-order valence-electron chi connectivity index (χ1n) is 4.96. The molecule has 0 unspecified atom stereocenters. The van der Waals surface area contributed by atoms with Crippen molar-refractivity contribution in [2.75, 3.05) is 6.61 Å². The lowest BCUT2D eigenvalue weighted by molar-refractivity contribution is 0.324. The molecule has 64 valence electrons. The van der Waals surface area contributed by atoms with Gasteiger partial charge in [-0.05, 0) is 12.7 Å². The quantitative estimate of drug-likeness (QED) is 0.567. The minimum atomic E-state index is 0.500. The van der Waals surface area contributed by atoms with Crippen LogP contribution in [0.5, 0.6) is 0 Å². The summed E-state index contributed by atoms with van der Waals surface area (Å²) in [6.07, 6.45) is 7.06. The van der Waals surface area contributed by atoms with Crippen molar-refractivity contribution < 1.29 is 4.65 Å². The van der Waals surface area contributed by atoms with Crippen LogP contribution in [0.1, 0.15) is 39.0 Å². The summed E-state index contributed by atoms with van der Waals surface area (Å²) in [7, 11) is 0. The number of hydrogen-bond acceptors (Lipinski definition) is 1. The van der Waals surface area contributed by atoms with E-state index in [2.05, 4.69) is 13.7 Å². The van der Waals surface area contributed by atoms with E-state index in [-0.39, 0.29) is 0 Å². The SMILES string of the molecule is CCOB(C)C1CCCCC1. The van der Waals surface area contributed by atoms with Gasteiger partial charge in [0.25, 0.3) is 6.92 Å². The van der Waals surface area contributed by atoms with E-state index in [4.69, 9.17) is 4.65 Å². The Morgan fingerprint density at radius 1 is 1.27 bits per heavy atom. The second-order valence-electron chi connectivity index (χ2n) is 3.56. The van der Waals surface area contributed by atoms with Gasteiger partial charge in [0.05, 0.1) is 0 Å². The Bertz CT molecular complexity index is 99.7. The van der Waals surface area contributed by atoms with Crippen LogP contribution in [-0.2, 0) is 4.65 Å². The lowest BCUT2D eigenvalue weighted by Gasteiger charge is -2.24. The van der Waals surface area contributed by atoms with Crippen LogP contribution >= 0.6 is 0 Å². The second kappa shape index (κ2) is 4.81. The first-order chi connectivity index (χ1) is 5.34. The van der Waals surface area contributed by atoms with E-state index in [0.29, 0.717) is 6.92 Å². The molecule has 0 spiro atoms. The largest absolute Gasteiger partial charge is 0.436 e. The molecule has 1 saturated carbocycles. The van der Waals surface area contributed by atoms with Gasteiger partial charge in [0, 0.05) is 6.61 Å². The van der Waals surface area contributed by atoms with Gasteiger partial charge in [-0.3, -0.25) is 0 Å². The van der Waals surface area contributed by atoms with Crippen molar-refractivity contribution in [2.24, 2.45) is 0 Å². The average Bonchev–Trinajstić information content (AvgIpc) is 2.07. The maximum Gasteiger partial charge on any atom is 0.293 e. The Morgan fingerprint density at radius 3 is 2.45 bits per heavy atom. The minimum absolute atomic E-state index is 0.500. The van der Waals surface area contributed by atoms with Gasteiger partial charge < -0.3 is 4.65 Å². The summed E-state index contributed by atoms with van der Waals surface area (Å²) in [4.78, 5) is 0. The average molecular weight is 154 g/mol. The van der Waals surface area contributed by atoms with Gasteiger partial charge in [0.1, 0.15) is 0 Å². The van der Waals surface area contributed by atoms with Crippen LogP contribution in [0.2, 0.25) is 12.6 Å². The molecule has 0 aliphatic heterocycles. The first kappa shape index (κ1) is 9.12. The Labute approximate surface area is 70.6 Å². The highest BCUT2D eigenvalue weighted by molar-refractivity contribution is 6.52. The van der Waals surface area contributed by atoms with E-state index in [0.717, 1.165) is 12.4 Å². The van der Waals surface area contributed by atoms with Gasteiger partial charge in [0.15, 0.2) is 0 Å². The van der Waals surface area contributed by atoms with Crippen LogP contribution < -0.4 is 0 Å². The van der Waals surface area contributed by atoms with Gasteiger partial charge >= 0.3 is 0 Å². The molecular formula is C9H19BO. The molecule has 0 amide bonds. The van der Waals surface area contributed by atoms with Gasteiger partial charge in [-0.25, -0.2) is 0 Å². The molecule has 1 aliphatic rings. The molecule has 0 radical (unpaired) electrons. The summed E-state index contributed by atoms with van der Waals surface area (Å²) in [5.74, 6) is 0.851. The molecule has 0 heterocycles. The molecule has 2 heteroatoms. The standard InChI is InChI=1S/C9H19BO/c1-3-11-10(2)9-7-5-4-6-8-9/h9H,3-8H2,1-2H3. The maximum absolute atomic E-state index is 5.58. The van der Waals surface area contributed by atoms with E-state index in [1.165, 1.54) is 32.1 Å². The molecule has 0 aromatic heterocycles. The van der Waals surface area contributed by atoms with Crippen LogP contribution in [0.15, 0.2) is 0 Å². The highest BCUT2D eigenvalue weighted by atomic mass is 16.4. The Kier molecular flexibility index (Phi) is 3.99. The monoisotopic (exact) mass is 154 g/mol. The fraction of sp³-hybridized carbons (Fsp3) is 1.00. The van der Waals surface area contributed by atoms with Crippen LogP contribution in [0.3, 0.4) is 0 Å². The van der Waals surface area contributed by atoms with E-state index in [9.17, 15) is 0 Å². The van der Waals surface area contributed by atoms with Crippen molar-refractivity contribution >= 4 is 6.92 Å². The highest BCUT2D eigenvalue weighted by Crippen LogP contribution is 2.31. The molecule has 0 aromatic rings. The fourth-order valence-electron chi connectivity index (χ4n) is 2.00. The molecule has 0 aromatic carbocycles. The molecule has 1 fully saturated rings. The van der Waals surface area contributed by atoms with Gasteiger partial charge in [-0.1, -0.05) is 38.9 Å². The number of hydrogen-bond donors (Lipinski definition) is 0. The third-order valence-electron chi connectivity index (χ3n) is 2.74. The molecule has 0 saturated heterocycles. The zero-order chi connectivity index (χ0) is 8.10. The minimum Gasteiger partial charge on any atom is -0.436 e. The highest BCUT2D eigenvalue weighted by Gasteiger charge is 2.23. The normalized spacial score (nSPS) is 20.2. The molecule has 1 rings (SSSR count). The van der Waals surface area contributed by atoms with Crippen LogP contribution in [0.25, 0.3) is 0 Å². The summed E-state index contributed by atoms with van der Waals surface area (Å²) in [5, 5.41) is 0. The Morgan fingerprint density at radius 2 is 1.91 bits per heavy atom.